The SMILES string of the molecule is Cc1occc1C(=O)N1Cc2cncn2CC(COc2ccccn2)C1. The van der Waals surface area contributed by atoms with Crippen molar-refractivity contribution in [2.45, 2.75) is 20.0 Å². The molecule has 7 nitrogen and oxygen atoms in total. The number of nitrogens with zero attached hydrogens (tertiary/aromatic N) is 4. The number of hydrogen-bond acceptors (Lipinski definition) is 5. The van der Waals surface area contributed by atoms with Crippen molar-refractivity contribution in [1.82, 2.24) is 19.4 Å². The second-order valence-corrected chi connectivity index (χ2v) is 6.46. The number of furan rings is 1. The number of pyridine rings is 1. The quantitative estimate of drug-likeness (QED) is 0.721. The number of imidazole rings is 1. The van der Waals surface area contributed by atoms with E-state index in [4.69, 9.17) is 9.15 Å². The van der Waals surface area contributed by atoms with Gasteiger partial charge in [0.1, 0.15) is 5.76 Å². The first-order chi connectivity index (χ1) is 12.7. The predicted molar refractivity (Wildman–Crippen MR) is 93.6 cm³/mol. The van der Waals surface area contributed by atoms with E-state index in [0.29, 0.717) is 36.9 Å². The lowest BCUT2D eigenvalue weighted by molar-refractivity contribution is 0.0698. The molecule has 0 fully saturated rings. The van der Waals surface area contributed by atoms with Gasteiger partial charge in [-0.2, -0.15) is 0 Å². The van der Waals surface area contributed by atoms with Gasteiger partial charge in [0.05, 0.1) is 37.0 Å². The van der Waals surface area contributed by atoms with Crippen molar-refractivity contribution in [1.29, 1.82) is 0 Å². The molecule has 1 unspecified atom stereocenters. The molecule has 1 aliphatic rings. The molecule has 0 aliphatic carbocycles. The van der Waals surface area contributed by atoms with Gasteiger partial charge in [0.2, 0.25) is 5.88 Å². The van der Waals surface area contributed by atoms with Crippen LogP contribution in [0.15, 0.2) is 53.7 Å². The maximum Gasteiger partial charge on any atom is 0.257 e. The van der Waals surface area contributed by atoms with Gasteiger partial charge in [0.25, 0.3) is 5.91 Å². The van der Waals surface area contributed by atoms with Gasteiger partial charge in [-0.1, -0.05) is 6.07 Å². The predicted octanol–water partition coefficient (Wildman–Crippen LogP) is 2.53. The smallest absolute Gasteiger partial charge is 0.257 e. The first-order valence-corrected chi connectivity index (χ1v) is 8.57. The first kappa shape index (κ1) is 16.4. The molecule has 4 heterocycles. The van der Waals surface area contributed by atoms with E-state index in [9.17, 15) is 4.79 Å². The zero-order valence-electron chi connectivity index (χ0n) is 14.5. The van der Waals surface area contributed by atoms with Crippen LogP contribution in [0.2, 0.25) is 0 Å². The van der Waals surface area contributed by atoms with Crippen molar-refractivity contribution >= 4 is 5.91 Å². The highest BCUT2D eigenvalue weighted by molar-refractivity contribution is 5.95. The molecule has 0 radical (unpaired) electrons. The summed E-state index contributed by atoms with van der Waals surface area (Å²) < 4.78 is 13.2. The summed E-state index contributed by atoms with van der Waals surface area (Å²) in [6.45, 7) is 4.14. The van der Waals surface area contributed by atoms with Crippen LogP contribution in [0.5, 0.6) is 5.88 Å². The Balaban J connectivity index is 1.53. The normalized spacial score (nSPS) is 16.8. The largest absolute Gasteiger partial charge is 0.477 e. The summed E-state index contributed by atoms with van der Waals surface area (Å²) in [6.07, 6.45) is 6.87. The Hall–Kier alpha value is -3.09. The Labute approximate surface area is 151 Å². The van der Waals surface area contributed by atoms with E-state index in [1.165, 1.54) is 0 Å². The lowest BCUT2D eigenvalue weighted by atomic mass is 10.1. The van der Waals surface area contributed by atoms with Crippen molar-refractivity contribution in [3.63, 3.8) is 0 Å². The van der Waals surface area contributed by atoms with Crippen molar-refractivity contribution in [3.8, 4) is 5.88 Å². The van der Waals surface area contributed by atoms with E-state index in [1.54, 1.807) is 31.8 Å². The van der Waals surface area contributed by atoms with Crippen molar-refractivity contribution in [3.05, 3.63) is 66.3 Å². The van der Waals surface area contributed by atoms with Crippen molar-refractivity contribution < 1.29 is 13.9 Å². The van der Waals surface area contributed by atoms with Gasteiger partial charge in [-0.3, -0.25) is 4.79 Å². The molecule has 3 aromatic heterocycles. The molecule has 7 heteroatoms. The molecular weight excluding hydrogens is 332 g/mol. The minimum Gasteiger partial charge on any atom is -0.477 e. The molecule has 0 saturated heterocycles. The minimum absolute atomic E-state index is 0.0336. The molecule has 1 atom stereocenters. The molecule has 1 amide bonds. The summed E-state index contributed by atoms with van der Waals surface area (Å²) >= 11 is 0. The van der Waals surface area contributed by atoms with E-state index in [1.807, 2.05) is 29.3 Å². The summed E-state index contributed by atoms with van der Waals surface area (Å²) in [7, 11) is 0. The third kappa shape index (κ3) is 3.33. The van der Waals surface area contributed by atoms with Gasteiger partial charge >= 0.3 is 0 Å². The Morgan fingerprint density at radius 3 is 3.04 bits per heavy atom. The lowest BCUT2D eigenvalue weighted by Gasteiger charge is -2.24. The first-order valence-electron chi connectivity index (χ1n) is 8.57. The standard InChI is InChI=1S/C19H20N4O3/c1-14-17(5-7-25-14)19(24)22-9-15(10-23-13-20-8-16(23)11-22)12-26-18-4-2-3-6-21-18/h2-8,13,15H,9-12H2,1H3. The third-order valence-corrected chi connectivity index (χ3v) is 4.57. The third-order valence-electron chi connectivity index (χ3n) is 4.57. The Morgan fingerprint density at radius 1 is 1.35 bits per heavy atom. The van der Waals surface area contributed by atoms with E-state index in [0.717, 1.165) is 12.2 Å². The molecule has 0 aromatic carbocycles. The monoisotopic (exact) mass is 352 g/mol. The Morgan fingerprint density at radius 2 is 2.27 bits per heavy atom. The number of aryl methyl sites for hydroxylation is 1. The van der Waals surface area contributed by atoms with E-state index < -0.39 is 0 Å². The van der Waals surface area contributed by atoms with Crippen LogP contribution in [-0.2, 0) is 13.1 Å². The topological polar surface area (TPSA) is 73.4 Å². The molecule has 0 spiro atoms. The average molecular weight is 352 g/mol. The molecule has 1 aliphatic heterocycles. The van der Waals surface area contributed by atoms with Crippen molar-refractivity contribution in [2.75, 3.05) is 13.2 Å². The Kier molecular flexibility index (Phi) is 4.43. The molecule has 0 bridgehead atoms. The fourth-order valence-corrected chi connectivity index (χ4v) is 3.22. The molecule has 0 saturated carbocycles. The lowest BCUT2D eigenvalue weighted by Crippen LogP contribution is -2.36. The number of amides is 1. The van der Waals surface area contributed by atoms with Gasteiger partial charge in [-0.05, 0) is 19.1 Å². The average Bonchev–Trinajstić information content (AvgIpc) is 3.24. The van der Waals surface area contributed by atoms with Crippen LogP contribution in [0.4, 0.5) is 0 Å². The van der Waals surface area contributed by atoms with Crippen LogP contribution >= 0.6 is 0 Å². The summed E-state index contributed by atoms with van der Waals surface area (Å²) in [5.74, 6) is 1.32. The zero-order chi connectivity index (χ0) is 17.9. The minimum atomic E-state index is -0.0336. The fraction of sp³-hybridized carbons (Fsp3) is 0.316. The summed E-state index contributed by atoms with van der Waals surface area (Å²) in [5.41, 5.74) is 1.61. The zero-order valence-corrected chi connectivity index (χ0v) is 14.5. The van der Waals surface area contributed by atoms with Crippen LogP contribution < -0.4 is 4.74 Å². The van der Waals surface area contributed by atoms with Gasteiger partial charge < -0.3 is 18.6 Å². The number of aromatic nitrogens is 3. The Bertz CT molecular complexity index is 887. The number of ether oxygens (including phenoxy) is 1. The van der Waals surface area contributed by atoms with Crippen molar-refractivity contribution in [2.24, 2.45) is 5.92 Å². The van der Waals surface area contributed by atoms with Crippen LogP contribution in [0.1, 0.15) is 21.8 Å². The molecular formula is C19H20N4O3. The molecule has 3 aromatic rings. The van der Waals surface area contributed by atoms with Gasteiger partial charge in [-0.25, -0.2) is 9.97 Å². The summed E-state index contributed by atoms with van der Waals surface area (Å²) in [5, 5.41) is 0. The maximum absolute atomic E-state index is 13.0. The molecule has 0 N–H and O–H groups in total. The summed E-state index contributed by atoms with van der Waals surface area (Å²) in [6, 6.07) is 7.29. The van der Waals surface area contributed by atoms with Gasteiger partial charge in [0.15, 0.2) is 0 Å². The highest BCUT2D eigenvalue weighted by Gasteiger charge is 2.27. The second kappa shape index (κ2) is 7.03. The van der Waals surface area contributed by atoms with Gasteiger partial charge in [-0.15, -0.1) is 0 Å². The number of fused-ring (bicyclic) bond motifs is 1. The van der Waals surface area contributed by atoms with E-state index in [2.05, 4.69) is 14.5 Å². The van der Waals surface area contributed by atoms with Crippen LogP contribution in [-0.4, -0.2) is 38.5 Å². The number of hydrogen-bond donors (Lipinski definition) is 0. The highest BCUT2D eigenvalue weighted by atomic mass is 16.5. The van der Waals surface area contributed by atoms with E-state index >= 15 is 0 Å². The second-order valence-electron chi connectivity index (χ2n) is 6.46. The van der Waals surface area contributed by atoms with Crippen LogP contribution in [0, 0.1) is 12.8 Å². The number of rotatable bonds is 4. The molecule has 4 rings (SSSR count). The summed E-state index contributed by atoms with van der Waals surface area (Å²) in [4.78, 5) is 23.2. The van der Waals surface area contributed by atoms with Crippen LogP contribution in [0.3, 0.4) is 0 Å². The van der Waals surface area contributed by atoms with Gasteiger partial charge in [0, 0.05) is 37.5 Å². The molecule has 134 valence electrons. The van der Waals surface area contributed by atoms with E-state index in [-0.39, 0.29) is 11.8 Å². The fourth-order valence-electron chi connectivity index (χ4n) is 3.22. The maximum atomic E-state index is 13.0. The number of carbonyl (C=O) groups excluding carboxylic acids is 1. The van der Waals surface area contributed by atoms with Crippen LogP contribution in [0.25, 0.3) is 0 Å². The highest BCUT2D eigenvalue weighted by Crippen LogP contribution is 2.21. The number of carbonyl (C=O) groups is 1. The molecule has 26 heavy (non-hydrogen) atoms.